The summed E-state index contributed by atoms with van der Waals surface area (Å²) in [5.41, 5.74) is 0. The first-order valence-electron chi connectivity index (χ1n) is 5.11. The fourth-order valence-corrected chi connectivity index (χ4v) is 3.11. The minimum absolute atomic E-state index is 0.112. The lowest BCUT2D eigenvalue weighted by atomic mass is 10.2. The van der Waals surface area contributed by atoms with Crippen molar-refractivity contribution in [2.24, 2.45) is 0 Å². The first-order chi connectivity index (χ1) is 7.45. The van der Waals surface area contributed by atoms with Gasteiger partial charge in [-0.3, -0.25) is 0 Å². The number of H-pyrrole nitrogens is 1. The smallest absolute Gasteiger partial charge is 0.257 e. The van der Waals surface area contributed by atoms with E-state index >= 15 is 0 Å². The summed E-state index contributed by atoms with van der Waals surface area (Å²) in [7, 11) is -3.45. The molecule has 0 saturated carbocycles. The molecule has 0 amide bonds. The van der Waals surface area contributed by atoms with E-state index in [2.05, 4.69) is 37.5 Å². The van der Waals surface area contributed by atoms with Gasteiger partial charge < -0.3 is 4.98 Å². The van der Waals surface area contributed by atoms with Crippen LogP contribution in [0.25, 0.3) is 0 Å². The SMILES string of the molecule is CCCC(Br)CNS(=O)(=O)c1cnc(C)[nH]1. The molecular formula is C9H16BrN3O2S. The van der Waals surface area contributed by atoms with E-state index in [0.29, 0.717) is 12.4 Å². The predicted molar refractivity (Wildman–Crippen MR) is 66.1 cm³/mol. The molecule has 1 heterocycles. The standard InChI is InChI=1S/C9H16BrN3O2S/c1-3-4-8(10)5-12-16(14,15)9-6-11-7(2)13-9/h6,8,12H,3-5H2,1-2H3,(H,11,13). The summed E-state index contributed by atoms with van der Waals surface area (Å²) >= 11 is 3.42. The van der Waals surface area contributed by atoms with Crippen LogP contribution in [0.2, 0.25) is 0 Å². The molecule has 0 fully saturated rings. The van der Waals surface area contributed by atoms with Gasteiger partial charge in [-0.1, -0.05) is 29.3 Å². The number of hydrogen-bond acceptors (Lipinski definition) is 3. The topological polar surface area (TPSA) is 74.8 Å². The van der Waals surface area contributed by atoms with Crippen LogP contribution in [0, 0.1) is 6.92 Å². The Morgan fingerprint density at radius 2 is 2.31 bits per heavy atom. The summed E-state index contributed by atoms with van der Waals surface area (Å²) in [6.45, 7) is 4.15. The van der Waals surface area contributed by atoms with Crippen LogP contribution < -0.4 is 4.72 Å². The molecule has 0 saturated heterocycles. The lowest BCUT2D eigenvalue weighted by Gasteiger charge is -2.09. The van der Waals surface area contributed by atoms with Crippen molar-refractivity contribution in [3.05, 3.63) is 12.0 Å². The summed E-state index contributed by atoms with van der Waals surface area (Å²) < 4.78 is 26.0. The Hall–Kier alpha value is -0.400. The van der Waals surface area contributed by atoms with Gasteiger partial charge in [0.15, 0.2) is 5.03 Å². The molecule has 0 bridgehead atoms. The van der Waals surface area contributed by atoms with Gasteiger partial charge in [-0.2, -0.15) is 0 Å². The third-order valence-electron chi connectivity index (χ3n) is 2.07. The highest BCUT2D eigenvalue weighted by Crippen LogP contribution is 2.09. The van der Waals surface area contributed by atoms with Crippen LogP contribution in [0.15, 0.2) is 11.2 Å². The Kier molecular flexibility index (Phi) is 4.94. The van der Waals surface area contributed by atoms with Gasteiger partial charge in [-0.05, 0) is 13.3 Å². The van der Waals surface area contributed by atoms with Crippen molar-refractivity contribution in [3.63, 3.8) is 0 Å². The quantitative estimate of drug-likeness (QED) is 0.783. The van der Waals surface area contributed by atoms with E-state index < -0.39 is 10.0 Å². The molecule has 1 aromatic heterocycles. The molecule has 0 radical (unpaired) electrons. The lowest BCUT2D eigenvalue weighted by Crippen LogP contribution is -2.29. The van der Waals surface area contributed by atoms with Gasteiger partial charge in [0, 0.05) is 11.4 Å². The first kappa shape index (κ1) is 13.7. The van der Waals surface area contributed by atoms with Crippen molar-refractivity contribution in [2.45, 2.75) is 36.5 Å². The Bertz CT molecular complexity index is 430. The minimum atomic E-state index is -3.45. The maximum atomic E-state index is 11.8. The molecule has 0 aliphatic heterocycles. The van der Waals surface area contributed by atoms with Crippen molar-refractivity contribution < 1.29 is 8.42 Å². The van der Waals surface area contributed by atoms with Gasteiger partial charge in [-0.25, -0.2) is 18.1 Å². The summed E-state index contributed by atoms with van der Waals surface area (Å²) in [5.74, 6) is 0.587. The van der Waals surface area contributed by atoms with Crippen LogP contribution in [0.5, 0.6) is 0 Å². The van der Waals surface area contributed by atoms with Gasteiger partial charge in [0.05, 0.1) is 6.20 Å². The van der Waals surface area contributed by atoms with Crippen LogP contribution >= 0.6 is 15.9 Å². The monoisotopic (exact) mass is 309 g/mol. The van der Waals surface area contributed by atoms with Crippen LogP contribution in [0.1, 0.15) is 25.6 Å². The molecule has 0 spiro atoms. The third kappa shape index (κ3) is 3.88. The second kappa shape index (κ2) is 5.79. The summed E-state index contributed by atoms with van der Waals surface area (Å²) in [5, 5.41) is 0.112. The second-order valence-corrected chi connectivity index (χ2v) is 6.60. The number of imidazole rings is 1. The van der Waals surface area contributed by atoms with Crippen LogP contribution in [0.4, 0.5) is 0 Å². The fraction of sp³-hybridized carbons (Fsp3) is 0.667. The number of aromatic amines is 1. The van der Waals surface area contributed by atoms with Crippen molar-refractivity contribution in [2.75, 3.05) is 6.54 Å². The number of halogens is 1. The molecule has 7 heteroatoms. The minimum Gasteiger partial charge on any atom is -0.332 e. The maximum Gasteiger partial charge on any atom is 0.257 e. The normalized spacial score (nSPS) is 13.9. The van der Waals surface area contributed by atoms with Crippen molar-refractivity contribution in [1.29, 1.82) is 0 Å². The number of rotatable bonds is 6. The lowest BCUT2D eigenvalue weighted by molar-refractivity contribution is 0.575. The molecule has 0 aromatic carbocycles. The zero-order valence-corrected chi connectivity index (χ0v) is 11.7. The van der Waals surface area contributed by atoms with E-state index in [-0.39, 0.29) is 9.85 Å². The van der Waals surface area contributed by atoms with Gasteiger partial charge in [0.2, 0.25) is 0 Å². The molecule has 16 heavy (non-hydrogen) atoms. The van der Waals surface area contributed by atoms with E-state index in [4.69, 9.17) is 0 Å². The number of aryl methyl sites for hydroxylation is 1. The highest BCUT2D eigenvalue weighted by Gasteiger charge is 2.17. The van der Waals surface area contributed by atoms with Crippen LogP contribution in [-0.4, -0.2) is 29.8 Å². The van der Waals surface area contributed by atoms with Crippen molar-refractivity contribution >= 4 is 26.0 Å². The number of nitrogens with zero attached hydrogens (tertiary/aromatic N) is 1. The number of sulfonamides is 1. The molecule has 5 nitrogen and oxygen atoms in total. The second-order valence-electron chi connectivity index (χ2n) is 3.57. The zero-order valence-electron chi connectivity index (χ0n) is 9.33. The molecule has 2 N–H and O–H groups in total. The van der Waals surface area contributed by atoms with E-state index in [0.717, 1.165) is 12.8 Å². The largest absolute Gasteiger partial charge is 0.332 e. The Morgan fingerprint density at radius 3 is 2.81 bits per heavy atom. The molecule has 1 atom stereocenters. The number of aromatic nitrogens is 2. The number of nitrogens with one attached hydrogen (secondary N) is 2. The van der Waals surface area contributed by atoms with E-state index in [1.807, 2.05) is 0 Å². The highest BCUT2D eigenvalue weighted by atomic mass is 79.9. The summed E-state index contributed by atoms with van der Waals surface area (Å²) in [6.07, 6.45) is 3.27. The molecule has 0 aliphatic carbocycles. The van der Waals surface area contributed by atoms with E-state index in [9.17, 15) is 8.42 Å². The highest BCUT2D eigenvalue weighted by molar-refractivity contribution is 9.09. The fourth-order valence-electron chi connectivity index (χ4n) is 1.23. The van der Waals surface area contributed by atoms with Crippen LogP contribution in [-0.2, 0) is 10.0 Å². The van der Waals surface area contributed by atoms with Crippen molar-refractivity contribution in [3.8, 4) is 0 Å². The molecular weight excluding hydrogens is 294 g/mol. The first-order valence-corrected chi connectivity index (χ1v) is 7.51. The van der Waals surface area contributed by atoms with Crippen molar-refractivity contribution in [1.82, 2.24) is 14.7 Å². The van der Waals surface area contributed by atoms with Gasteiger partial charge in [-0.15, -0.1) is 0 Å². The van der Waals surface area contributed by atoms with E-state index in [1.54, 1.807) is 6.92 Å². The average Bonchev–Trinajstić information content (AvgIpc) is 2.63. The zero-order chi connectivity index (χ0) is 12.2. The molecule has 92 valence electrons. The molecule has 1 rings (SSSR count). The Labute approximate surface area is 104 Å². The van der Waals surface area contributed by atoms with Gasteiger partial charge in [0.1, 0.15) is 5.82 Å². The third-order valence-corrected chi connectivity index (χ3v) is 4.18. The van der Waals surface area contributed by atoms with Gasteiger partial charge in [0.25, 0.3) is 10.0 Å². The Balaban J connectivity index is 2.59. The molecule has 1 unspecified atom stereocenters. The Morgan fingerprint density at radius 1 is 1.62 bits per heavy atom. The number of hydrogen-bond donors (Lipinski definition) is 2. The van der Waals surface area contributed by atoms with E-state index in [1.165, 1.54) is 6.20 Å². The van der Waals surface area contributed by atoms with Gasteiger partial charge >= 0.3 is 0 Å². The number of alkyl halides is 1. The average molecular weight is 310 g/mol. The summed E-state index contributed by atoms with van der Waals surface area (Å²) in [4.78, 5) is 6.72. The summed E-state index contributed by atoms with van der Waals surface area (Å²) in [6, 6.07) is 0. The predicted octanol–water partition coefficient (Wildman–Crippen LogP) is 1.56. The maximum absolute atomic E-state index is 11.8. The molecule has 0 aliphatic rings. The molecule has 1 aromatic rings. The van der Waals surface area contributed by atoms with Crippen LogP contribution in [0.3, 0.4) is 0 Å².